The van der Waals surface area contributed by atoms with Crippen LogP contribution in [0.4, 0.5) is 11.4 Å². The molecule has 1 aromatic carbocycles. The molecule has 0 heterocycles. The number of aromatic hydroxyl groups is 1. The quantitative estimate of drug-likeness (QED) is 0.615. The molecular weight excluding hydrogens is 340 g/mol. The van der Waals surface area contributed by atoms with Crippen molar-refractivity contribution in [3.8, 4) is 5.75 Å². The van der Waals surface area contributed by atoms with Crippen LogP contribution >= 0.6 is 0 Å². The molecule has 0 radical (unpaired) electrons. The van der Waals surface area contributed by atoms with Gasteiger partial charge in [-0.1, -0.05) is 30.9 Å². The van der Waals surface area contributed by atoms with E-state index in [-0.39, 0.29) is 11.7 Å². The molecule has 0 aromatic heterocycles. The minimum absolute atomic E-state index is 0.0180. The van der Waals surface area contributed by atoms with Gasteiger partial charge in [0.2, 0.25) is 5.91 Å². The average Bonchev–Trinajstić information content (AvgIpc) is 2.62. The van der Waals surface area contributed by atoms with E-state index in [1.165, 1.54) is 13.0 Å². The van der Waals surface area contributed by atoms with E-state index in [4.69, 9.17) is 0 Å². The number of phenols is 1. The van der Waals surface area contributed by atoms with Gasteiger partial charge in [0.05, 0.1) is 11.4 Å². The van der Waals surface area contributed by atoms with Crippen molar-refractivity contribution in [3.05, 3.63) is 66.3 Å². The fraction of sp³-hybridized carbons (Fsp3) is 0.190. The molecule has 1 aromatic rings. The molecule has 27 heavy (non-hydrogen) atoms. The van der Waals surface area contributed by atoms with Gasteiger partial charge in [-0.05, 0) is 25.1 Å². The lowest BCUT2D eigenvalue weighted by Crippen LogP contribution is -2.15. The molecule has 6 nitrogen and oxygen atoms in total. The zero-order valence-corrected chi connectivity index (χ0v) is 16.0. The Balaban J connectivity index is 2.36. The maximum atomic E-state index is 11.1. The zero-order valence-electron chi connectivity index (χ0n) is 16.0. The van der Waals surface area contributed by atoms with Gasteiger partial charge < -0.3 is 10.4 Å². The first-order valence-corrected chi connectivity index (χ1v) is 8.46. The smallest absolute Gasteiger partial charge is 0.221 e. The van der Waals surface area contributed by atoms with Crippen LogP contribution in [-0.2, 0) is 4.79 Å². The Morgan fingerprint density at radius 3 is 2.56 bits per heavy atom. The lowest BCUT2D eigenvalue weighted by molar-refractivity contribution is -0.114. The molecule has 6 heteroatoms. The van der Waals surface area contributed by atoms with Gasteiger partial charge in [-0.2, -0.15) is 5.10 Å². The minimum Gasteiger partial charge on any atom is -0.506 e. The van der Waals surface area contributed by atoms with Crippen molar-refractivity contribution in [2.75, 3.05) is 24.4 Å². The van der Waals surface area contributed by atoms with Crippen molar-refractivity contribution in [2.45, 2.75) is 13.8 Å². The topological polar surface area (TPSA) is 77.3 Å². The maximum Gasteiger partial charge on any atom is 0.221 e. The summed E-state index contributed by atoms with van der Waals surface area (Å²) in [6.07, 6.45) is 9.52. The second-order valence-electron chi connectivity index (χ2n) is 5.95. The molecule has 0 saturated carbocycles. The van der Waals surface area contributed by atoms with Crippen molar-refractivity contribution in [2.24, 2.45) is 10.1 Å². The molecule has 0 fully saturated rings. The van der Waals surface area contributed by atoms with E-state index in [0.29, 0.717) is 11.4 Å². The zero-order chi connectivity index (χ0) is 20.0. The minimum atomic E-state index is -0.199. The molecule has 1 aliphatic carbocycles. The Morgan fingerprint density at radius 1 is 1.26 bits per heavy atom. The maximum absolute atomic E-state index is 11.1. The van der Waals surface area contributed by atoms with E-state index in [9.17, 15) is 9.90 Å². The Hall–Kier alpha value is -3.41. The summed E-state index contributed by atoms with van der Waals surface area (Å²) in [5, 5.41) is 19.1. The fourth-order valence-corrected chi connectivity index (χ4v) is 2.76. The first kappa shape index (κ1) is 19.9. The molecule has 1 amide bonds. The number of nitrogens with one attached hydrogen (secondary N) is 1. The number of allylic oxidation sites excluding steroid dienone is 7. The molecule has 1 aliphatic rings. The highest BCUT2D eigenvalue weighted by atomic mass is 16.3. The van der Waals surface area contributed by atoms with Gasteiger partial charge in [-0.15, -0.1) is 0 Å². The van der Waals surface area contributed by atoms with Crippen LogP contribution in [-0.4, -0.2) is 36.5 Å². The molecule has 0 bridgehead atoms. The summed E-state index contributed by atoms with van der Waals surface area (Å²) in [4.78, 5) is 15.4. The average molecular weight is 364 g/mol. The number of aliphatic imine (C=N–C) groups is 1. The standard InChI is InChI=1S/C21H24N4O2/c1-6-17(18-9-7-8-10-19(18)22-4)14(2)24-25(5)20-12-11-16(13-21(20)27)23-15(3)26/h6-13,27H,1H2,2-5H3,(H,23,26)/b18-17+,22-19?,24-14+. The molecule has 0 atom stereocenters. The number of amides is 1. The van der Waals surface area contributed by atoms with Crippen LogP contribution in [0.25, 0.3) is 0 Å². The predicted octanol–water partition coefficient (Wildman–Crippen LogP) is 3.84. The molecule has 2 rings (SSSR count). The Morgan fingerprint density at radius 2 is 1.96 bits per heavy atom. The molecule has 0 aliphatic heterocycles. The van der Waals surface area contributed by atoms with Crippen LogP contribution in [0.1, 0.15) is 13.8 Å². The third kappa shape index (κ3) is 4.82. The highest BCUT2D eigenvalue weighted by Crippen LogP contribution is 2.30. The van der Waals surface area contributed by atoms with Gasteiger partial charge in [-0.3, -0.25) is 14.8 Å². The predicted molar refractivity (Wildman–Crippen MR) is 113 cm³/mol. The lowest BCUT2D eigenvalue weighted by Gasteiger charge is -2.18. The van der Waals surface area contributed by atoms with E-state index in [1.54, 1.807) is 37.3 Å². The monoisotopic (exact) mass is 364 g/mol. The Bertz CT molecular complexity index is 905. The molecular formula is C21H24N4O2. The normalized spacial score (nSPS) is 17.0. The number of hydrogen-bond donors (Lipinski definition) is 2. The van der Waals surface area contributed by atoms with Crippen LogP contribution in [0.3, 0.4) is 0 Å². The first-order chi connectivity index (χ1) is 12.9. The van der Waals surface area contributed by atoms with E-state index in [2.05, 4.69) is 22.0 Å². The van der Waals surface area contributed by atoms with Gasteiger partial charge in [0.25, 0.3) is 0 Å². The number of hydrazone groups is 1. The van der Waals surface area contributed by atoms with Gasteiger partial charge in [0.15, 0.2) is 0 Å². The number of carbonyl (C=O) groups excluding carboxylic acids is 1. The van der Waals surface area contributed by atoms with Crippen LogP contribution in [0.5, 0.6) is 5.75 Å². The highest BCUT2D eigenvalue weighted by Gasteiger charge is 2.13. The fourth-order valence-electron chi connectivity index (χ4n) is 2.76. The van der Waals surface area contributed by atoms with Crippen LogP contribution < -0.4 is 10.3 Å². The number of nitrogens with zero attached hydrogens (tertiary/aromatic N) is 3. The summed E-state index contributed by atoms with van der Waals surface area (Å²) in [7, 11) is 3.49. The molecule has 140 valence electrons. The number of anilines is 2. The van der Waals surface area contributed by atoms with E-state index in [0.717, 1.165) is 22.6 Å². The third-order valence-corrected chi connectivity index (χ3v) is 3.97. The lowest BCUT2D eigenvalue weighted by atomic mass is 9.96. The summed E-state index contributed by atoms with van der Waals surface area (Å²) in [5.74, 6) is -0.181. The van der Waals surface area contributed by atoms with Crippen molar-refractivity contribution < 1.29 is 9.90 Å². The van der Waals surface area contributed by atoms with Crippen molar-refractivity contribution >= 4 is 28.7 Å². The Labute approximate surface area is 159 Å². The van der Waals surface area contributed by atoms with Gasteiger partial charge in [0, 0.05) is 43.9 Å². The number of phenolic OH excluding ortho intramolecular Hbond substituents is 1. The van der Waals surface area contributed by atoms with E-state index >= 15 is 0 Å². The summed E-state index contributed by atoms with van der Waals surface area (Å²) < 4.78 is 0. The van der Waals surface area contributed by atoms with Crippen molar-refractivity contribution in [1.29, 1.82) is 0 Å². The summed E-state index contributed by atoms with van der Waals surface area (Å²) >= 11 is 0. The second-order valence-corrected chi connectivity index (χ2v) is 5.95. The van der Waals surface area contributed by atoms with Crippen LogP contribution in [0, 0.1) is 0 Å². The summed E-state index contributed by atoms with van der Waals surface area (Å²) in [6, 6.07) is 4.89. The molecule has 0 unspecified atom stereocenters. The highest BCUT2D eigenvalue weighted by molar-refractivity contribution is 6.18. The van der Waals surface area contributed by atoms with Crippen molar-refractivity contribution in [3.63, 3.8) is 0 Å². The molecule has 0 spiro atoms. The summed E-state index contributed by atoms with van der Waals surface area (Å²) in [5.41, 5.74) is 4.42. The number of carbonyl (C=O) groups is 1. The SMILES string of the molecule is C=CC(/C(C)=N/N(C)c1ccc(NC(C)=O)cc1O)=C1/C=CC=CC1=NC. The van der Waals surface area contributed by atoms with Gasteiger partial charge >= 0.3 is 0 Å². The van der Waals surface area contributed by atoms with Crippen LogP contribution in [0.15, 0.2) is 76.4 Å². The third-order valence-electron chi connectivity index (χ3n) is 3.97. The van der Waals surface area contributed by atoms with E-state index < -0.39 is 0 Å². The van der Waals surface area contributed by atoms with Crippen LogP contribution in [0.2, 0.25) is 0 Å². The number of rotatable bonds is 5. The number of benzene rings is 1. The molecule has 0 saturated heterocycles. The Kier molecular flexibility index (Phi) is 6.49. The second kappa shape index (κ2) is 8.80. The van der Waals surface area contributed by atoms with Gasteiger partial charge in [0.1, 0.15) is 11.4 Å². The van der Waals surface area contributed by atoms with E-state index in [1.807, 2.05) is 31.2 Å². The number of hydrogen-bond acceptors (Lipinski definition) is 5. The largest absolute Gasteiger partial charge is 0.506 e. The van der Waals surface area contributed by atoms with Gasteiger partial charge in [-0.25, -0.2) is 0 Å². The molecule has 2 N–H and O–H groups in total. The first-order valence-electron chi connectivity index (χ1n) is 8.46. The van der Waals surface area contributed by atoms with Crippen molar-refractivity contribution in [1.82, 2.24) is 0 Å². The summed E-state index contributed by atoms with van der Waals surface area (Å²) in [6.45, 7) is 7.20.